The van der Waals surface area contributed by atoms with Crippen LogP contribution < -0.4 is 4.74 Å². The van der Waals surface area contributed by atoms with E-state index in [1.54, 1.807) is 30.3 Å². The molecule has 4 rings (SSSR count). The molecule has 0 amide bonds. The number of methoxy groups -OCH3 is 1. The number of nitrogens with zero attached hydrogens (tertiary/aromatic N) is 1. The van der Waals surface area contributed by atoms with Gasteiger partial charge in [-0.15, -0.1) is 11.3 Å². The zero-order chi connectivity index (χ0) is 22.2. The molecule has 0 fully saturated rings. The molecule has 0 atom stereocenters. The molecule has 0 unspecified atom stereocenters. The zero-order valence-electron chi connectivity index (χ0n) is 16.6. The highest BCUT2D eigenvalue weighted by Gasteiger charge is 2.19. The first-order valence-corrected chi connectivity index (χ1v) is 12.3. The third-order valence-corrected chi connectivity index (χ3v) is 7.30. The van der Waals surface area contributed by atoms with Gasteiger partial charge in [-0.1, -0.05) is 41.9 Å². The van der Waals surface area contributed by atoms with Crippen LogP contribution in [0.25, 0.3) is 32.3 Å². The highest BCUT2D eigenvalue weighted by molar-refractivity contribution is 7.90. The topological polar surface area (TPSA) is 56.3 Å². The number of halogens is 2. The van der Waals surface area contributed by atoms with E-state index in [2.05, 4.69) is 0 Å². The average molecular weight is 474 g/mol. The lowest BCUT2D eigenvalue weighted by molar-refractivity contribution is 0.386. The average Bonchev–Trinajstić information content (AvgIpc) is 3.18. The van der Waals surface area contributed by atoms with Crippen LogP contribution in [0.1, 0.15) is 0 Å². The summed E-state index contributed by atoms with van der Waals surface area (Å²) in [6.07, 6.45) is 1.16. The number of ether oxygens (including phenoxy) is 1. The fraction of sp³-hybridized carbons (Fsp3) is 0.0870. The summed E-state index contributed by atoms with van der Waals surface area (Å²) in [6, 6.07) is 18.6. The van der Waals surface area contributed by atoms with Gasteiger partial charge in [0.25, 0.3) is 0 Å². The smallest absolute Gasteiger partial charge is 0.175 e. The van der Waals surface area contributed by atoms with Crippen molar-refractivity contribution in [1.82, 2.24) is 4.98 Å². The Morgan fingerprint density at radius 3 is 2.29 bits per heavy atom. The Balaban J connectivity index is 1.91. The monoisotopic (exact) mass is 473 g/mol. The van der Waals surface area contributed by atoms with Crippen LogP contribution in [0.2, 0.25) is 5.02 Å². The van der Waals surface area contributed by atoms with E-state index >= 15 is 0 Å². The van der Waals surface area contributed by atoms with Crippen LogP contribution in [0, 0.1) is 5.82 Å². The first kappa shape index (κ1) is 21.5. The lowest BCUT2D eigenvalue weighted by Gasteiger charge is -2.06. The van der Waals surface area contributed by atoms with Crippen LogP contribution in [-0.4, -0.2) is 26.8 Å². The standard InChI is InChI=1S/C23H17ClFNO3S2/c1-29-20-12-9-15(13-19(20)25)22-21(14-7-10-16(11-8-14)31(2,27)28)26-23(30-22)17-5-3-4-6-18(17)24/h3-13H,1-2H3. The highest BCUT2D eigenvalue weighted by atomic mass is 35.5. The Labute approximate surface area is 188 Å². The number of benzene rings is 3. The van der Waals surface area contributed by atoms with Crippen molar-refractivity contribution in [2.75, 3.05) is 13.4 Å². The van der Waals surface area contributed by atoms with Crippen molar-refractivity contribution in [3.63, 3.8) is 0 Å². The summed E-state index contributed by atoms with van der Waals surface area (Å²) in [5.41, 5.74) is 2.73. The summed E-state index contributed by atoms with van der Waals surface area (Å²) in [4.78, 5) is 5.74. The molecule has 0 aliphatic carbocycles. The second-order valence-electron chi connectivity index (χ2n) is 6.82. The van der Waals surface area contributed by atoms with Crippen LogP contribution in [-0.2, 0) is 9.84 Å². The Morgan fingerprint density at radius 1 is 1.00 bits per heavy atom. The van der Waals surface area contributed by atoms with E-state index in [0.717, 1.165) is 16.7 Å². The van der Waals surface area contributed by atoms with Gasteiger partial charge in [0.05, 0.1) is 27.6 Å². The largest absolute Gasteiger partial charge is 0.494 e. The van der Waals surface area contributed by atoms with Crippen molar-refractivity contribution in [3.8, 4) is 38.0 Å². The second kappa shape index (κ2) is 8.42. The number of rotatable bonds is 5. The maximum absolute atomic E-state index is 14.4. The van der Waals surface area contributed by atoms with E-state index in [0.29, 0.717) is 26.9 Å². The van der Waals surface area contributed by atoms with Crippen molar-refractivity contribution >= 4 is 32.8 Å². The van der Waals surface area contributed by atoms with Crippen LogP contribution in [0.4, 0.5) is 4.39 Å². The van der Waals surface area contributed by atoms with Gasteiger partial charge in [-0.25, -0.2) is 17.8 Å². The molecule has 8 heteroatoms. The Morgan fingerprint density at radius 2 is 1.68 bits per heavy atom. The van der Waals surface area contributed by atoms with Gasteiger partial charge in [0.2, 0.25) is 0 Å². The first-order valence-electron chi connectivity index (χ1n) is 9.18. The molecule has 4 nitrogen and oxygen atoms in total. The normalized spacial score (nSPS) is 11.5. The lowest BCUT2D eigenvalue weighted by atomic mass is 10.1. The summed E-state index contributed by atoms with van der Waals surface area (Å²) in [6.45, 7) is 0. The Kier molecular flexibility index (Phi) is 5.83. The molecule has 0 N–H and O–H groups in total. The van der Waals surface area contributed by atoms with Crippen molar-refractivity contribution in [3.05, 3.63) is 77.6 Å². The molecule has 0 saturated heterocycles. The summed E-state index contributed by atoms with van der Waals surface area (Å²) in [5.74, 6) is -0.329. The van der Waals surface area contributed by atoms with Crippen LogP contribution >= 0.6 is 22.9 Å². The molecule has 0 aliphatic heterocycles. The molecule has 0 radical (unpaired) electrons. The summed E-state index contributed by atoms with van der Waals surface area (Å²) < 4.78 is 43.1. The summed E-state index contributed by atoms with van der Waals surface area (Å²) in [5, 5.41) is 1.24. The highest BCUT2D eigenvalue weighted by Crippen LogP contribution is 2.43. The SMILES string of the molecule is COc1ccc(-c2sc(-c3ccccc3Cl)nc2-c2ccc(S(C)(=O)=O)cc2)cc1F. The first-order chi connectivity index (χ1) is 14.8. The van der Waals surface area contributed by atoms with Gasteiger partial charge in [0.1, 0.15) is 5.01 Å². The van der Waals surface area contributed by atoms with E-state index in [9.17, 15) is 12.8 Å². The predicted molar refractivity (Wildman–Crippen MR) is 123 cm³/mol. The molecule has 0 spiro atoms. The van der Waals surface area contributed by atoms with Gasteiger partial charge in [0, 0.05) is 17.4 Å². The number of hydrogen-bond donors (Lipinski definition) is 0. The minimum absolute atomic E-state index is 0.152. The van der Waals surface area contributed by atoms with Crippen molar-refractivity contribution < 1.29 is 17.5 Å². The molecule has 3 aromatic carbocycles. The second-order valence-corrected chi connectivity index (χ2v) is 10.2. The fourth-order valence-corrected chi connectivity index (χ4v) is 5.16. The Hall–Kier alpha value is -2.74. The number of sulfone groups is 1. The van der Waals surface area contributed by atoms with E-state index in [-0.39, 0.29) is 10.6 Å². The molecule has 4 aromatic rings. The molecule has 1 heterocycles. The number of hydrogen-bond acceptors (Lipinski definition) is 5. The summed E-state index contributed by atoms with van der Waals surface area (Å²) >= 11 is 7.76. The molecular formula is C23H17ClFNO3S2. The van der Waals surface area contributed by atoms with E-state index in [1.807, 2.05) is 18.2 Å². The van der Waals surface area contributed by atoms with Gasteiger partial charge in [-0.05, 0) is 42.0 Å². The molecular weight excluding hydrogens is 457 g/mol. The molecule has 31 heavy (non-hydrogen) atoms. The minimum atomic E-state index is -3.32. The third-order valence-electron chi connectivity index (χ3n) is 4.70. The number of thiazole rings is 1. The molecule has 0 aliphatic rings. The predicted octanol–water partition coefficient (Wildman–Crippen LogP) is 6.35. The van der Waals surface area contributed by atoms with Crippen molar-refractivity contribution in [2.24, 2.45) is 0 Å². The molecule has 0 saturated carbocycles. The van der Waals surface area contributed by atoms with E-state index in [4.69, 9.17) is 21.3 Å². The van der Waals surface area contributed by atoms with Crippen LogP contribution in [0.3, 0.4) is 0 Å². The molecule has 158 valence electrons. The maximum atomic E-state index is 14.4. The quantitative estimate of drug-likeness (QED) is 0.339. The molecule has 0 bridgehead atoms. The summed E-state index contributed by atoms with van der Waals surface area (Å²) in [7, 11) is -1.91. The third kappa shape index (κ3) is 4.35. The van der Waals surface area contributed by atoms with E-state index in [1.165, 1.54) is 36.6 Å². The van der Waals surface area contributed by atoms with Crippen LogP contribution in [0.15, 0.2) is 71.6 Å². The van der Waals surface area contributed by atoms with E-state index < -0.39 is 15.7 Å². The van der Waals surface area contributed by atoms with Crippen molar-refractivity contribution in [2.45, 2.75) is 4.90 Å². The van der Waals surface area contributed by atoms with Gasteiger partial charge in [-0.2, -0.15) is 0 Å². The minimum Gasteiger partial charge on any atom is -0.494 e. The lowest BCUT2D eigenvalue weighted by Crippen LogP contribution is -1.96. The van der Waals surface area contributed by atoms with Crippen molar-refractivity contribution in [1.29, 1.82) is 0 Å². The van der Waals surface area contributed by atoms with Gasteiger partial charge < -0.3 is 4.74 Å². The van der Waals surface area contributed by atoms with Gasteiger partial charge >= 0.3 is 0 Å². The zero-order valence-corrected chi connectivity index (χ0v) is 19.0. The Bertz CT molecular complexity index is 1370. The van der Waals surface area contributed by atoms with Gasteiger partial charge in [-0.3, -0.25) is 0 Å². The fourth-order valence-electron chi connectivity index (χ4n) is 3.13. The van der Waals surface area contributed by atoms with Gasteiger partial charge in [0.15, 0.2) is 21.4 Å². The maximum Gasteiger partial charge on any atom is 0.175 e. The number of aromatic nitrogens is 1. The van der Waals surface area contributed by atoms with Crippen LogP contribution in [0.5, 0.6) is 5.75 Å². The molecule has 1 aromatic heterocycles.